The lowest BCUT2D eigenvalue weighted by Crippen LogP contribution is -2.38. The minimum absolute atomic E-state index is 0.0980. The number of furan rings is 1. The van der Waals surface area contributed by atoms with E-state index in [2.05, 4.69) is 33.2 Å². The lowest BCUT2D eigenvalue weighted by Gasteiger charge is -2.37. The number of fused-ring (bicyclic) bond motifs is 1. The van der Waals surface area contributed by atoms with Gasteiger partial charge in [0.2, 0.25) is 0 Å². The lowest BCUT2D eigenvalue weighted by molar-refractivity contribution is -0.384. The number of rotatable bonds is 4. The van der Waals surface area contributed by atoms with Gasteiger partial charge >= 0.3 is 0 Å². The average molecular weight is 470 g/mol. The molecule has 4 atom stereocenters. The molecule has 0 spiro atoms. The molecule has 152 valence electrons. The van der Waals surface area contributed by atoms with Crippen molar-refractivity contribution >= 4 is 39.6 Å². The van der Waals surface area contributed by atoms with Crippen molar-refractivity contribution < 1.29 is 18.9 Å². The zero-order chi connectivity index (χ0) is 21.0. The zero-order valence-corrected chi connectivity index (χ0v) is 17.2. The summed E-state index contributed by atoms with van der Waals surface area (Å²) in [4.78, 5) is 36.4. The third kappa shape index (κ3) is 2.92. The van der Waals surface area contributed by atoms with Gasteiger partial charge in [0.1, 0.15) is 11.5 Å². The molecule has 2 aromatic rings. The van der Waals surface area contributed by atoms with Crippen molar-refractivity contribution in [1.29, 1.82) is 0 Å². The van der Waals surface area contributed by atoms with E-state index in [1.54, 1.807) is 24.3 Å². The summed E-state index contributed by atoms with van der Waals surface area (Å²) in [6, 6.07) is 7.85. The van der Waals surface area contributed by atoms with Crippen molar-refractivity contribution in [2.45, 2.75) is 12.8 Å². The fourth-order valence-corrected chi connectivity index (χ4v) is 5.07. The molecular weight excluding hydrogens is 454 g/mol. The van der Waals surface area contributed by atoms with Crippen LogP contribution in [-0.4, -0.2) is 28.0 Å². The predicted molar refractivity (Wildman–Crippen MR) is 110 cm³/mol. The summed E-state index contributed by atoms with van der Waals surface area (Å²) in [7, 11) is 0. The van der Waals surface area contributed by atoms with Gasteiger partial charge in [0.15, 0.2) is 0 Å². The molecule has 0 N–H and O–H groups in total. The second-order valence-corrected chi connectivity index (χ2v) is 8.61. The van der Waals surface area contributed by atoms with Crippen LogP contribution < -0.4 is 0 Å². The topological polar surface area (TPSA) is 106 Å². The fraction of sp³-hybridized carbons (Fsp3) is 0.286. The molecule has 2 bridgehead atoms. The van der Waals surface area contributed by atoms with Crippen LogP contribution in [-0.2, 0) is 9.59 Å². The van der Waals surface area contributed by atoms with Gasteiger partial charge in [-0.15, -0.1) is 0 Å². The number of hydrazone groups is 1. The van der Waals surface area contributed by atoms with Gasteiger partial charge in [-0.1, -0.05) is 28.1 Å². The van der Waals surface area contributed by atoms with Crippen molar-refractivity contribution in [3.63, 3.8) is 0 Å². The van der Waals surface area contributed by atoms with Gasteiger partial charge in [0.05, 0.1) is 28.5 Å². The van der Waals surface area contributed by atoms with Gasteiger partial charge < -0.3 is 4.42 Å². The summed E-state index contributed by atoms with van der Waals surface area (Å²) in [5.74, 6) is -0.391. The Morgan fingerprint density at radius 3 is 2.37 bits per heavy atom. The number of halogens is 1. The number of benzene rings is 1. The maximum atomic E-state index is 12.8. The van der Waals surface area contributed by atoms with Crippen LogP contribution in [0.25, 0.3) is 11.3 Å². The Hall–Kier alpha value is -3.07. The van der Waals surface area contributed by atoms with Crippen LogP contribution in [0.5, 0.6) is 0 Å². The van der Waals surface area contributed by atoms with Crippen LogP contribution in [0.1, 0.15) is 18.6 Å². The molecule has 0 radical (unpaired) electrons. The number of carbonyl (C=O) groups excluding carboxylic acids is 2. The van der Waals surface area contributed by atoms with Gasteiger partial charge in [0, 0.05) is 10.5 Å². The maximum Gasteiger partial charge on any atom is 0.281 e. The highest BCUT2D eigenvalue weighted by Gasteiger charge is 2.56. The van der Waals surface area contributed by atoms with Crippen molar-refractivity contribution in [1.82, 2.24) is 5.01 Å². The van der Waals surface area contributed by atoms with Gasteiger partial charge in [-0.05, 0) is 48.9 Å². The SMILES string of the molecule is O=C1[C@@H]2[C@H](C(=O)N1/N=C\c1ccc(-c3ccc(Br)cc3[N+](=O)[O-])o1)[C@@H]1C=C[C@@H]2CC1. The molecule has 6 rings (SSSR count). The average Bonchev–Trinajstić information content (AvgIpc) is 3.31. The standard InChI is InChI=1S/C21H16BrN3O5/c22-13-5-7-15(16(9-13)25(28)29)17-8-6-14(30-17)10-23-24-20(26)18-11-1-2-12(4-3-11)19(18)21(24)27/h1-2,5-12,18-19H,3-4H2/b23-10-/t11-,12-,18-,19+/m1/s1. The Balaban J connectivity index is 1.40. The highest BCUT2D eigenvalue weighted by atomic mass is 79.9. The van der Waals surface area contributed by atoms with Crippen LogP contribution in [0.3, 0.4) is 0 Å². The van der Waals surface area contributed by atoms with Gasteiger partial charge in [-0.3, -0.25) is 19.7 Å². The van der Waals surface area contributed by atoms with E-state index in [0.717, 1.165) is 17.9 Å². The predicted octanol–water partition coefficient (Wildman–Crippen LogP) is 4.15. The molecular formula is C21H16BrN3O5. The molecule has 4 aliphatic rings. The normalized spacial score (nSPS) is 27.3. The third-order valence-electron chi connectivity index (χ3n) is 6.09. The molecule has 1 aromatic heterocycles. The van der Waals surface area contributed by atoms with Crippen LogP contribution in [0, 0.1) is 33.8 Å². The quantitative estimate of drug-likeness (QED) is 0.220. The molecule has 1 aliphatic heterocycles. The fourth-order valence-electron chi connectivity index (χ4n) is 4.72. The number of hydrogen-bond donors (Lipinski definition) is 0. The Kier molecular flexibility index (Phi) is 4.43. The van der Waals surface area contributed by atoms with E-state index in [4.69, 9.17) is 4.42 Å². The molecule has 2 heterocycles. The summed E-state index contributed by atoms with van der Waals surface area (Å²) in [6.45, 7) is 0. The molecule has 2 fully saturated rings. The molecule has 1 saturated heterocycles. The number of imide groups is 1. The van der Waals surface area contributed by atoms with Crippen LogP contribution in [0.4, 0.5) is 5.69 Å². The first-order chi connectivity index (χ1) is 14.4. The summed E-state index contributed by atoms with van der Waals surface area (Å²) in [5.41, 5.74) is 0.226. The largest absolute Gasteiger partial charge is 0.455 e. The smallest absolute Gasteiger partial charge is 0.281 e. The lowest BCUT2D eigenvalue weighted by atomic mass is 9.63. The molecule has 8 nitrogen and oxygen atoms in total. The number of amides is 2. The van der Waals surface area contributed by atoms with Crippen LogP contribution in [0.2, 0.25) is 0 Å². The zero-order valence-electron chi connectivity index (χ0n) is 15.6. The van der Waals surface area contributed by atoms with Gasteiger partial charge in [0.25, 0.3) is 17.5 Å². The Morgan fingerprint density at radius 1 is 1.10 bits per heavy atom. The van der Waals surface area contributed by atoms with E-state index in [1.807, 2.05) is 0 Å². The van der Waals surface area contributed by atoms with Gasteiger partial charge in [-0.25, -0.2) is 0 Å². The second-order valence-electron chi connectivity index (χ2n) is 7.69. The Bertz CT molecular complexity index is 1110. The third-order valence-corrected chi connectivity index (χ3v) is 6.58. The van der Waals surface area contributed by atoms with E-state index in [9.17, 15) is 19.7 Å². The van der Waals surface area contributed by atoms with Crippen molar-refractivity contribution in [3.05, 3.63) is 62.8 Å². The molecule has 1 aromatic carbocycles. The van der Waals surface area contributed by atoms with Crippen molar-refractivity contribution in [2.75, 3.05) is 0 Å². The number of nitrogens with zero attached hydrogens (tertiary/aromatic N) is 3. The number of carbonyl (C=O) groups is 2. The number of allylic oxidation sites excluding steroid dienone is 2. The number of nitro benzene ring substituents is 1. The van der Waals surface area contributed by atoms with Gasteiger partial charge in [-0.2, -0.15) is 10.1 Å². The highest BCUT2D eigenvalue weighted by molar-refractivity contribution is 9.10. The molecule has 3 aliphatic carbocycles. The minimum atomic E-state index is -0.484. The van der Waals surface area contributed by atoms with Crippen LogP contribution in [0.15, 0.2) is 56.5 Å². The summed E-state index contributed by atoms with van der Waals surface area (Å²) >= 11 is 3.22. The molecule has 9 heteroatoms. The number of nitro groups is 1. The van der Waals surface area contributed by atoms with E-state index < -0.39 is 4.92 Å². The molecule has 1 saturated carbocycles. The first-order valence-corrected chi connectivity index (χ1v) is 10.4. The minimum Gasteiger partial charge on any atom is -0.455 e. The Labute approximate surface area is 179 Å². The first-order valence-electron chi connectivity index (χ1n) is 9.58. The molecule has 30 heavy (non-hydrogen) atoms. The summed E-state index contributed by atoms with van der Waals surface area (Å²) in [6.07, 6.45) is 7.25. The monoisotopic (exact) mass is 469 g/mol. The van der Waals surface area contributed by atoms with E-state index in [-0.39, 0.29) is 41.2 Å². The summed E-state index contributed by atoms with van der Waals surface area (Å²) < 4.78 is 6.26. The van der Waals surface area contributed by atoms with Crippen molar-refractivity contribution in [3.8, 4) is 11.3 Å². The second kappa shape index (κ2) is 7.02. The molecule has 0 unspecified atom stereocenters. The van der Waals surface area contributed by atoms with E-state index in [0.29, 0.717) is 21.6 Å². The first kappa shape index (κ1) is 18.9. The van der Waals surface area contributed by atoms with Crippen LogP contribution >= 0.6 is 15.9 Å². The maximum absolute atomic E-state index is 12.8. The Morgan fingerprint density at radius 2 is 1.77 bits per heavy atom. The van der Waals surface area contributed by atoms with Crippen molar-refractivity contribution in [2.24, 2.45) is 28.8 Å². The van der Waals surface area contributed by atoms with E-state index in [1.165, 1.54) is 12.3 Å². The number of hydrogen-bond acceptors (Lipinski definition) is 6. The molecule has 2 amide bonds. The highest BCUT2D eigenvalue weighted by Crippen LogP contribution is 2.49. The van der Waals surface area contributed by atoms with E-state index >= 15 is 0 Å². The summed E-state index contributed by atoms with van der Waals surface area (Å²) in [5, 5.41) is 16.4.